The van der Waals surface area contributed by atoms with Crippen molar-refractivity contribution in [3.05, 3.63) is 199 Å². The number of rotatable bonds is 5. The average molecular weight is 704 g/mol. The lowest BCUT2D eigenvalue weighted by atomic mass is 9.82. The summed E-state index contributed by atoms with van der Waals surface area (Å²) in [5.41, 5.74) is 14.8. The summed E-state index contributed by atoms with van der Waals surface area (Å²) < 4.78 is 7.29. The Morgan fingerprint density at radius 2 is 1.02 bits per heavy atom. The summed E-state index contributed by atoms with van der Waals surface area (Å²) in [6.45, 7) is 4.69. The Hall–Kier alpha value is -6.90. The summed E-state index contributed by atoms with van der Waals surface area (Å²) in [5.74, 6) is 0. The average Bonchev–Trinajstić information content (AvgIpc) is 3.72. The Labute approximate surface area is 320 Å². The van der Waals surface area contributed by atoms with Crippen molar-refractivity contribution in [1.29, 1.82) is 0 Å². The van der Waals surface area contributed by atoms with E-state index in [1.165, 1.54) is 60.5 Å². The fraction of sp³-hybridized carbons (Fsp3) is 0.0566. The van der Waals surface area contributed by atoms with Crippen molar-refractivity contribution in [2.45, 2.75) is 19.3 Å². The maximum absolute atomic E-state index is 7.29. The van der Waals surface area contributed by atoms with Gasteiger partial charge in [-0.3, -0.25) is 0 Å². The minimum Gasteiger partial charge on any atom is -0.453 e. The molecule has 260 valence electrons. The van der Waals surface area contributed by atoms with Crippen molar-refractivity contribution in [2.24, 2.45) is 0 Å². The molecule has 1 heterocycles. The summed E-state index contributed by atoms with van der Waals surface area (Å²) in [5, 5.41) is 7.01. The van der Waals surface area contributed by atoms with Gasteiger partial charge in [-0.25, -0.2) is 0 Å². The van der Waals surface area contributed by atoms with Crippen LogP contribution < -0.4 is 4.90 Å². The zero-order chi connectivity index (χ0) is 36.7. The molecule has 2 heteroatoms. The highest BCUT2D eigenvalue weighted by molar-refractivity contribution is 6.22. The molecule has 1 aromatic heterocycles. The summed E-state index contributed by atoms with van der Waals surface area (Å²) in [4.78, 5) is 2.39. The van der Waals surface area contributed by atoms with Crippen LogP contribution in [0.25, 0.3) is 76.9 Å². The number of hydrogen-bond donors (Lipinski definition) is 0. The number of nitrogens with zero attached hydrogens (tertiary/aromatic N) is 1. The van der Waals surface area contributed by atoms with E-state index < -0.39 is 0 Å². The Morgan fingerprint density at radius 3 is 1.87 bits per heavy atom. The number of benzene rings is 9. The van der Waals surface area contributed by atoms with E-state index >= 15 is 0 Å². The van der Waals surface area contributed by atoms with E-state index in [0.29, 0.717) is 0 Å². The van der Waals surface area contributed by atoms with Crippen LogP contribution in [0.3, 0.4) is 0 Å². The maximum Gasteiger partial charge on any atom is 0.159 e. The van der Waals surface area contributed by atoms with Gasteiger partial charge in [0.05, 0.1) is 5.69 Å². The van der Waals surface area contributed by atoms with E-state index in [2.05, 4.69) is 207 Å². The Kier molecular flexibility index (Phi) is 6.93. The van der Waals surface area contributed by atoms with Gasteiger partial charge in [0.1, 0.15) is 5.58 Å². The SMILES string of the molecule is CC1(C)c2ccccc2-c2ccc(N(c3ccc(-c4ccccc4)cc3)c3cccc4c3oc3c(-c5cccc6ccccc56)c5ccccc5cc34)cc21. The summed E-state index contributed by atoms with van der Waals surface area (Å²) in [6, 6.07) is 68.2. The van der Waals surface area contributed by atoms with E-state index in [0.717, 1.165) is 44.6 Å². The molecule has 55 heavy (non-hydrogen) atoms. The maximum atomic E-state index is 7.29. The van der Waals surface area contributed by atoms with Crippen LogP contribution in [0, 0.1) is 0 Å². The number of para-hydroxylation sites is 1. The van der Waals surface area contributed by atoms with Crippen molar-refractivity contribution >= 4 is 60.5 Å². The summed E-state index contributed by atoms with van der Waals surface area (Å²) in [6.07, 6.45) is 0. The van der Waals surface area contributed by atoms with E-state index in [9.17, 15) is 0 Å². The molecule has 10 aromatic rings. The molecular formula is C53H37NO. The first kappa shape index (κ1) is 31.6. The number of fused-ring (bicyclic) bond motifs is 8. The molecule has 0 unspecified atom stereocenters. The smallest absolute Gasteiger partial charge is 0.159 e. The first-order valence-electron chi connectivity index (χ1n) is 19.1. The normalized spacial score (nSPS) is 13.1. The van der Waals surface area contributed by atoms with Gasteiger partial charge in [-0.15, -0.1) is 0 Å². The highest BCUT2D eigenvalue weighted by Gasteiger charge is 2.36. The molecule has 2 nitrogen and oxygen atoms in total. The van der Waals surface area contributed by atoms with Gasteiger partial charge in [-0.1, -0.05) is 166 Å². The van der Waals surface area contributed by atoms with Gasteiger partial charge in [0.15, 0.2) is 5.58 Å². The van der Waals surface area contributed by atoms with Crippen LogP contribution in [-0.2, 0) is 5.41 Å². The lowest BCUT2D eigenvalue weighted by Crippen LogP contribution is -2.16. The molecule has 0 saturated heterocycles. The standard InChI is InChI=1S/C53H37NO/c1-53(2)47-24-11-10-21-42(47)43-31-30-39(33-48(43)53)54(38-28-26-35(27-29-38)34-14-4-3-5-15-34)49-25-13-23-45-46-32-37-17-7-9-20-41(37)50(52(46)55-51(45)49)44-22-12-18-36-16-6-8-19-40(36)44/h3-33H,1-2H3. The monoisotopic (exact) mass is 703 g/mol. The van der Waals surface area contributed by atoms with Crippen LogP contribution >= 0.6 is 0 Å². The van der Waals surface area contributed by atoms with E-state index in [1.54, 1.807) is 0 Å². The van der Waals surface area contributed by atoms with Gasteiger partial charge < -0.3 is 9.32 Å². The second-order valence-electron chi connectivity index (χ2n) is 15.3. The summed E-state index contributed by atoms with van der Waals surface area (Å²) >= 11 is 0. The highest BCUT2D eigenvalue weighted by atomic mass is 16.3. The van der Waals surface area contributed by atoms with Crippen molar-refractivity contribution in [3.8, 4) is 33.4 Å². The fourth-order valence-corrected chi connectivity index (χ4v) is 9.16. The van der Waals surface area contributed by atoms with Gasteiger partial charge >= 0.3 is 0 Å². The van der Waals surface area contributed by atoms with Crippen molar-refractivity contribution in [1.82, 2.24) is 0 Å². The van der Waals surface area contributed by atoms with Gasteiger partial charge in [0.2, 0.25) is 0 Å². The zero-order valence-corrected chi connectivity index (χ0v) is 30.8. The van der Waals surface area contributed by atoms with Gasteiger partial charge in [-0.2, -0.15) is 0 Å². The van der Waals surface area contributed by atoms with Crippen LogP contribution in [0.4, 0.5) is 17.1 Å². The van der Waals surface area contributed by atoms with Gasteiger partial charge in [-0.05, 0) is 96.9 Å². The molecule has 0 aliphatic heterocycles. The van der Waals surface area contributed by atoms with Crippen LogP contribution in [-0.4, -0.2) is 0 Å². The third-order valence-corrected chi connectivity index (χ3v) is 11.8. The predicted octanol–water partition coefficient (Wildman–Crippen LogP) is 15.0. The number of anilines is 3. The number of furan rings is 1. The van der Waals surface area contributed by atoms with E-state index in [1.807, 2.05) is 0 Å². The van der Waals surface area contributed by atoms with Gasteiger partial charge in [0, 0.05) is 33.1 Å². The molecule has 0 atom stereocenters. The fourth-order valence-electron chi connectivity index (χ4n) is 9.16. The van der Waals surface area contributed by atoms with Crippen molar-refractivity contribution in [2.75, 3.05) is 4.90 Å². The molecule has 0 spiro atoms. The number of hydrogen-bond acceptors (Lipinski definition) is 2. The van der Waals surface area contributed by atoms with Gasteiger partial charge in [0.25, 0.3) is 0 Å². The van der Waals surface area contributed by atoms with Crippen molar-refractivity contribution < 1.29 is 4.42 Å². The Bertz CT molecular complexity index is 3110. The lowest BCUT2D eigenvalue weighted by Gasteiger charge is -2.28. The molecule has 0 saturated carbocycles. The first-order valence-corrected chi connectivity index (χ1v) is 19.1. The Balaban J connectivity index is 1.18. The first-order chi connectivity index (χ1) is 27.0. The molecule has 0 amide bonds. The lowest BCUT2D eigenvalue weighted by molar-refractivity contribution is 0.660. The molecule has 0 N–H and O–H groups in total. The molecule has 0 radical (unpaired) electrons. The molecular weight excluding hydrogens is 667 g/mol. The highest BCUT2D eigenvalue weighted by Crippen LogP contribution is 2.52. The quantitative estimate of drug-likeness (QED) is 0.177. The minimum atomic E-state index is -0.135. The van der Waals surface area contributed by atoms with E-state index in [-0.39, 0.29) is 5.41 Å². The zero-order valence-electron chi connectivity index (χ0n) is 30.8. The molecule has 0 fully saturated rings. The molecule has 11 rings (SSSR count). The van der Waals surface area contributed by atoms with Crippen LogP contribution in [0.1, 0.15) is 25.0 Å². The van der Waals surface area contributed by atoms with Crippen LogP contribution in [0.5, 0.6) is 0 Å². The molecule has 9 aromatic carbocycles. The Morgan fingerprint density at radius 1 is 0.400 bits per heavy atom. The van der Waals surface area contributed by atoms with Crippen LogP contribution in [0.2, 0.25) is 0 Å². The molecule has 1 aliphatic rings. The third-order valence-electron chi connectivity index (χ3n) is 11.8. The summed E-state index contributed by atoms with van der Waals surface area (Å²) in [7, 11) is 0. The second-order valence-corrected chi connectivity index (χ2v) is 15.3. The second kappa shape index (κ2) is 12.1. The van der Waals surface area contributed by atoms with Crippen LogP contribution in [0.15, 0.2) is 192 Å². The topological polar surface area (TPSA) is 16.4 Å². The minimum absolute atomic E-state index is 0.135. The molecule has 1 aliphatic carbocycles. The molecule has 0 bridgehead atoms. The van der Waals surface area contributed by atoms with Crippen molar-refractivity contribution in [3.63, 3.8) is 0 Å². The van der Waals surface area contributed by atoms with E-state index in [4.69, 9.17) is 4.42 Å². The predicted molar refractivity (Wildman–Crippen MR) is 232 cm³/mol. The largest absolute Gasteiger partial charge is 0.453 e. The third kappa shape index (κ3) is 4.81.